The Morgan fingerprint density at radius 2 is 1.87 bits per heavy atom. The molecule has 2 bridgehead atoms. The molecule has 3 fully saturated rings. The van der Waals surface area contributed by atoms with Crippen molar-refractivity contribution in [3.05, 3.63) is 30.3 Å². The summed E-state index contributed by atoms with van der Waals surface area (Å²) in [4.78, 5) is 15.1. The van der Waals surface area contributed by atoms with Crippen molar-refractivity contribution in [1.29, 1.82) is 0 Å². The molecule has 3 heterocycles. The van der Waals surface area contributed by atoms with E-state index in [1.54, 1.807) is 0 Å². The van der Waals surface area contributed by atoms with Crippen LogP contribution in [0.4, 0.5) is 5.69 Å². The van der Waals surface area contributed by atoms with E-state index in [9.17, 15) is 4.79 Å². The molecule has 0 radical (unpaired) electrons. The molecule has 4 rings (SSSR count). The van der Waals surface area contributed by atoms with E-state index < -0.39 is 0 Å². The lowest BCUT2D eigenvalue weighted by molar-refractivity contribution is -0.957. The molecule has 0 saturated carbocycles. The second-order valence-electron chi connectivity index (χ2n) is 7.17. The first-order valence-electron chi connectivity index (χ1n) is 8.84. The van der Waals surface area contributed by atoms with Crippen LogP contribution >= 0.6 is 0 Å². The lowest BCUT2D eigenvalue weighted by Crippen LogP contribution is -3.00. The number of carbonyl (C=O) groups is 1. The van der Waals surface area contributed by atoms with E-state index in [0.717, 1.165) is 22.5 Å². The summed E-state index contributed by atoms with van der Waals surface area (Å²) in [5.41, 5.74) is 1.02. The van der Waals surface area contributed by atoms with Crippen LogP contribution in [-0.2, 0) is 4.79 Å². The van der Waals surface area contributed by atoms with Gasteiger partial charge >= 0.3 is 0 Å². The third-order valence-electron chi connectivity index (χ3n) is 5.90. The standard InChI is InChI=1S/C19H29N2O.BrH/c1-3-4-12-21-13-10-16(11-14-21)15-18(21)19(22)20(2)17-8-6-5-7-9-17;/h5-9,16,18H,3-4,10-15H2,1-2H3;1H/q+1;/p-1. The number of unbranched alkanes of at least 4 members (excludes halogenated alkanes) is 1. The number of anilines is 1. The Bertz CT molecular complexity index is 511. The Kier molecular flexibility index (Phi) is 6.26. The van der Waals surface area contributed by atoms with Crippen LogP contribution in [-0.4, -0.2) is 43.1 Å². The molecule has 1 unspecified atom stereocenters. The average molecular weight is 381 g/mol. The van der Waals surface area contributed by atoms with Gasteiger partial charge in [-0.3, -0.25) is 4.79 Å². The number of para-hydroxylation sites is 1. The molecule has 3 saturated heterocycles. The Balaban J connectivity index is 0.00000192. The number of hydrogen-bond acceptors (Lipinski definition) is 1. The molecule has 0 aliphatic carbocycles. The number of rotatable bonds is 5. The molecular weight excluding hydrogens is 352 g/mol. The van der Waals surface area contributed by atoms with Crippen LogP contribution in [0.3, 0.4) is 0 Å². The lowest BCUT2D eigenvalue weighted by Gasteiger charge is -2.54. The fraction of sp³-hybridized carbons (Fsp3) is 0.632. The molecular formula is C19H29BrN2O. The van der Waals surface area contributed by atoms with Gasteiger partial charge < -0.3 is 26.4 Å². The molecule has 3 aliphatic heterocycles. The first-order chi connectivity index (χ1) is 10.7. The second kappa shape index (κ2) is 7.80. The molecule has 128 valence electrons. The monoisotopic (exact) mass is 380 g/mol. The van der Waals surface area contributed by atoms with Crippen molar-refractivity contribution in [2.24, 2.45) is 5.92 Å². The van der Waals surface area contributed by atoms with E-state index >= 15 is 0 Å². The van der Waals surface area contributed by atoms with Gasteiger partial charge in [0, 0.05) is 19.2 Å². The highest BCUT2D eigenvalue weighted by atomic mass is 79.9. The molecule has 1 atom stereocenters. The van der Waals surface area contributed by atoms with Gasteiger partial charge in [-0.1, -0.05) is 31.5 Å². The molecule has 1 aromatic carbocycles. The number of halogens is 1. The number of nitrogens with zero attached hydrogens (tertiary/aromatic N) is 2. The van der Waals surface area contributed by atoms with E-state index in [2.05, 4.69) is 6.92 Å². The van der Waals surface area contributed by atoms with Crippen LogP contribution in [0.5, 0.6) is 0 Å². The number of benzene rings is 1. The highest BCUT2D eigenvalue weighted by Crippen LogP contribution is 2.39. The van der Waals surface area contributed by atoms with E-state index in [1.165, 1.54) is 45.3 Å². The quantitative estimate of drug-likeness (QED) is 0.679. The van der Waals surface area contributed by atoms with Crippen molar-refractivity contribution in [3.8, 4) is 0 Å². The van der Waals surface area contributed by atoms with Gasteiger partial charge in [-0.05, 0) is 37.3 Å². The van der Waals surface area contributed by atoms with Gasteiger partial charge in [0.15, 0.2) is 6.04 Å². The normalized spacial score (nSPS) is 29.0. The Labute approximate surface area is 151 Å². The third kappa shape index (κ3) is 3.63. The number of piperidine rings is 3. The molecule has 3 aliphatic rings. The van der Waals surface area contributed by atoms with Gasteiger partial charge in [-0.25, -0.2) is 0 Å². The minimum atomic E-state index is 0. The van der Waals surface area contributed by atoms with Crippen molar-refractivity contribution in [2.45, 2.75) is 45.1 Å². The van der Waals surface area contributed by atoms with Gasteiger partial charge in [-0.15, -0.1) is 0 Å². The number of fused-ring (bicyclic) bond motifs is 3. The van der Waals surface area contributed by atoms with Crippen LogP contribution < -0.4 is 21.9 Å². The molecule has 0 spiro atoms. The maximum absolute atomic E-state index is 13.2. The van der Waals surface area contributed by atoms with Crippen LogP contribution in [0, 0.1) is 5.92 Å². The fourth-order valence-corrected chi connectivity index (χ4v) is 4.41. The summed E-state index contributed by atoms with van der Waals surface area (Å²) < 4.78 is 1.06. The number of hydrogen-bond donors (Lipinski definition) is 0. The summed E-state index contributed by atoms with van der Waals surface area (Å²) in [7, 11) is 1.94. The number of quaternary nitrogens is 1. The summed E-state index contributed by atoms with van der Waals surface area (Å²) in [5, 5.41) is 0. The molecule has 0 N–H and O–H groups in total. The predicted octanol–water partition coefficient (Wildman–Crippen LogP) is 0.453. The summed E-state index contributed by atoms with van der Waals surface area (Å²) in [6, 6.07) is 10.3. The Hall–Kier alpha value is -0.870. The molecule has 1 aromatic rings. The molecule has 1 amide bonds. The Morgan fingerprint density at radius 1 is 1.22 bits per heavy atom. The van der Waals surface area contributed by atoms with Crippen LogP contribution in [0.15, 0.2) is 30.3 Å². The lowest BCUT2D eigenvalue weighted by atomic mass is 9.79. The number of carbonyl (C=O) groups excluding carboxylic acids is 1. The van der Waals surface area contributed by atoms with Gasteiger partial charge in [0.25, 0.3) is 5.91 Å². The van der Waals surface area contributed by atoms with E-state index in [0.29, 0.717) is 5.91 Å². The van der Waals surface area contributed by atoms with Gasteiger partial charge in [0.1, 0.15) is 0 Å². The van der Waals surface area contributed by atoms with Crippen LogP contribution in [0.2, 0.25) is 0 Å². The average Bonchev–Trinajstić information content (AvgIpc) is 2.60. The smallest absolute Gasteiger partial charge is 0.285 e. The summed E-state index contributed by atoms with van der Waals surface area (Å²) in [6.07, 6.45) is 6.20. The highest BCUT2D eigenvalue weighted by Gasteiger charge is 2.51. The predicted molar refractivity (Wildman–Crippen MR) is 90.8 cm³/mol. The SMILES string of the molecule is CCCC[N+]12CCC(CC1)CC2C(=O)N(C)c1ccccc1.[Br-]. The second-order valence-corrected chi connectivity index (χ2v) is 7.17. The number of likely N-dealkylation sites (N-methyl/N-ethyl adjacent to an activating group) is 1. The summed E-state index contributed by atoms with van der Waals surface area (Å²) in [6.45, 7) is 5.86. The van der Waals surface area contributed by atoms with E-state index in [4.69, 9.17) is 0 Å². The molecule has 3 nitrogen and oxygen atoms in total. The number of amides is 1. The third-order valence-corrected chi connectivity index (χ3v) is 5.90. The van der Waals surface area contributed by atoms with Crippen LogP contribution in [0.1, 0.15) is 39.0 Å². The van der Waals surface area contributed by atoms with Crippen LogP contribution in [0.25, 0.3) is 0 Å². The topological polar surface area (TPSA) is 20.3 Å². The minimum absolute atomic E-state index is 0. The molecule has 0 aromatic heterocycles. The first-order valence-corrected chi connectivity index (χ1v) is 8.84. The minimum Gasteiger partial charge on any atom is -1.00 e. The fourth-order valence-electron chi connectivity index (χ4n) is 4.41. The van der Waals surface area contributed by atoms with Crippen molar-refractivity contribution in [2.75, 3.05) is 31.6 Å². The van der Waals surface area contributed by atoms with Crippen molar-refractivity contribution in [1.82, 2.24) is 0 Å². The summed E-state index contributed by atoms with van der Waals surface area (Å²) >= 11 is 0. The van der Waals surface area contributed by atoms with Crippen molar-refractivity contribution < 1.29 is 26.3 Å². The summed E-state index contributed by atoms with van der Waals surface area (Å²) in [5.74, 6) is 1.10. The maximum atomic E-state index is 13.2. The van der Waals surface area contributed by atoms with E-state index in [1.807, 2.05) is 42.3 Å². The van der Waals surface area contributed by atoms with Crippen molar-refractivity contribution >= 4 is 11.6 Å². The molecule has 4 heteroatoms. The molecule has 23 heavy (non-hydrogen) atoms. The maximum Gasteiger partial charge on any atom is 0.285 e. The van der Waals surface area contributed by atoms with Gasteiger partial charge in [0.05, 0.1) is 19.6 Å². The Morgan fingerprint density at radius 3 is 2.48 bits per heavy atom. The zero-order chi connectivity index (χ0) is 15.6. The zero-order valence-electron chi connectivity index (χ0n) is 14.4. The first kappa shape index (κ1) is 18.5. The zero-order valence-corrected chi connectivity index (χ0v) is 16.0. The highest BCUT2D eigenvalue weighted by molar-refractivity contribution is 5.96. The van der Waals surface area contributed by atoms with E-state index in [-0.39, 0.29) is 23.0 Å². The van der Waals surface area contributed by atoms with Crippen molar-refractivity contribution in [3.63, 3.8) is 0 Å². The van der Waals surface area contributed by atoms with Gasteiger partial charge in [-0.2, -0.15) is 0 Å². The largest absolute Gasteiger partial charge is 1.00 e. The van der Waals surface area contributed by atoms with Gasteiger partial charge in [0.2, 0.25) is 0 Å².